The van der Waals surface area contributed by atoms with Gasteiger partial charge in [-0.2, -0.15) is 5.10 Å². The molecule has 5 rings (SSSR count). The number of fused-ring (bicyclic) bond motifs is 1. The Kier molecular flexibility index (Phi) is 5.41. The lowest BCUT2D eigenvalue weighted by Gasteiger charge is -2.23. The van der Waals surface area contributed by atoms with Crippen LogP contribution < -0.4 is 20.2 Å². The summed E-state index contributed by atoms with van der Waals surface area (Å²) in [5.41, 5.74) is 3.14. The van der Waals surface area contributed by atoms with Gasteiger partial charge in [0.2, 0.25) is 0 Å². The number of para-hydroxylation sites is 1. The van der Waals surface area contributed by atoms with Gasteiger partial charge < -0.3 is 9.73 Å². The van der Waals surface area contributed by atoms with Crippen LogP contribution in [-0.4, -0.2) is 20.3 Å². The maximum atomic E-state index is 13.6. The molecule has 0 fully saturated rings. The van der Waals surface area contributed by atoms with Crippen LogP contribution >= 0.6 is 11.3 Å². The SMILES string of the molecule is CC1=C(C(=O)Nc2ccccc2)[C@H](c2ccc(C)o2)n2c(sc(=Cc3cnn(C)c3C)c2=O)=N1. The van der Waals surface area contributed by atoms with Gasteiger partial charge in [-0.1, -0.05) is 29.5 Å². The number of aryl methyl sites for hydroxylation is 2. The molecular formula is C25H23N5O3S. The second kappa shape index (κ2) is 8.42. The van der Waals surface area contributed by atoms with E-state index in [1.807, 2.05) is 63.4 Å². The second-order valence-electron chi connectivity index (χ2n) is 8.16. The van der Waals surface area contributed by atoms with Gasteiger partial charge in [0.1, 0.15) is 17.6 Å². The number of furan rings is 1. The Labute approximate surface area is 199 Å². The highest BCUT2D eigenvalue weighted by molar-refractivity contribution is 7.07. The van der Waals surface area contributed by atoms with Gasteiger partial charge >= 0.3 is 0 Å². The molecule has 4 aromatic rings. The van der Waals surface area contributed by atoms with Crippen LogP contribution in [-0.2, 0) is 11.8 Å². The van der Waals surface area contributed by atoms with E-state index < -0.39 is 6.04 Å². The van der Waals surface area contributed by atoms with Crippen LogP contribution in [0.3, 0.4) is 0 Å². The van der Waals surface area contributed by atoms with Crippen molar-refractivity contribution in [2.45, 2.75) is 26.8 Å². The van der Waals surface area contributed by atoms with Crippen molar-refractivity contribution in [2.75, 3.05) is 5.32 Å². The first-order valence-corrected chi connectivity index (χ1v) is 11.6. The number of amides is 1. The number of rotatable bonds is 4. The minimum absolute atomic E-state index is 0.233. The number of thiazole rings is 1. The molecule has 4 heterocycles. The zero-order valence-corrected chi connectivity index (χ0v) is 20.0. The summed E-state index contributed by atoms with van der Waals surface area (Å²) in [5, 5.41) is 7.18. The smallest absolute Gasteiger partial charge is 0.271 e. The highest BCUT2D eigenvalue weighted by Crippen LogP contribution is 2.31. The molecule has 34 heavy (non-hydrogen) atoms. The third-order valence-electron chi connectivity index (χ3n) is 5.89. The number of anilines is 1. The summed E-state index contributed by atoms with van der Waals surface area (Å²) in [6.07, 6.45) is 3.55. The fraction of sp³-hybridized carbons (Fsp3) is 0.200. The van der Waals surface area contributed by atoms with Crippen LogP contribution in [0.25, 0.3) is 6.08 Å². The van der Waals surface area contributed by atoms with E-state index in [0.29, 0.717) is 37.8 Å². The molecule has 1 N–H and O–H groups in total. The predicted octanol–water partition coefficient (Wildman–Crippen LogP) is 2.82. The molecule has 0 saturated heterocycles. The third-order valence-corrected chi connectivity index (χ3v) is 6.87. The molecule has 1 aromatic carbocycles. The van der Waals surface area contributed by atoms with E-state index in [-0.39, 0.29) is 11.5 Å². The summed E-state index contributed by atoms with van der Waals surface area (Å²) in [5.74, 6) is 0.875. The number of aromatic nitrogens is 3. The van der Waals surface area contributed by atoms with E-state index in [1.54, 1.807) is 28.4 Å². The number of hydrogen-bond acceptors (Lipinski definition) is 6. The number of carbonyl (C=O) groups excluding carboxylic acids is 1. The van der Waals surface area contributed by atoms with Gasteiger partial charge in [0, 0.05) is 24.0 Å². The lowest BCUT2D eigenvalue weighted by molar-refractivity contribution is -0.113. The topological polar surface area (TPSA) is 94.4 Å². The Morgan fingerprint density at radius 2 is 1.91 bits per heavy atom. The van der Waals surface area contributed by atoms with Crippen LogP contribution in [0.4, 0.5) is 5.69 Å². The number of nitrogens with one attached hydrogen (secondary N) is 1. The van der Waals surface area contributed by atoms with E-state index >= 15 is 0 Å². The third kappa shape index (κ3) is 3.73. The Bertz CT molecular complexity index is 1620. The van der Waals surface area contributed by atoms with E-state index in [9.17, 15) is 9.59 Å². The minimum atomic E-state index is -0.731. The van der Waals surface area contributed by atoms with E-state index in [4.69, 9.17) is 4.42 Å². The van der Waals surface area contributed by atoms with Crippen LogP contribution in [0.5, 0.6) is 0 Å². The summed E-state index contributed by atoms with van der Waals surface area (Å²) in [7, 11) is 1.86. The molecule has 9 heteroatoms. The molecule has 0 aliphatic carbocycles. The molecule has 0 saturated carbocycles. The number of nitrogens with zero attached hydrogens (tertiary/aromatic N) is 4. The largest absolute Gasteiger partial charge is 0.464 e. The molecule has 1 aliphatic heterocycles. The molecule has 0 spiro atoms. The maximum Gasteiger partial charge on any atom is 0.271 e. The van der Waals surface area contributed by atoms with Crippen LogP contribution in [0.2, 0.25) is 0 Å². The average molecular weight is 474 g/mol. The van der Waals surface area contributed by atoms with Gasteiger partial charge in [-0.05, 0) is 51.1 Å². The molecule has 3 aromatic heterocycles. The number of hydrogen-bond donors (Lipinski definition) is 1. The molecule has 1 aliphatic rings. The number of benzene rings is 1. The molecule has 0 bridgehead atoms. The van der Waals surface area contributed by atoms with Crippen molar-refractivity contribution in [2.24, 2.45) is 12.0 Å². The highest BCUT2D eigenvalue weighted by atomic mass is 32.1. The first kappa shape index (κ1) is 21.8. The summed E-state index contributed by atoms with van der Waals surface area (Å²) in [6.45, 7) is 5.56. The van der Waals surface area contributed by atoms with Crippen molar-refractivity contribution < 1.29 is 9.21 Å². The van der Waals surface area contributed by atoms with Crippen molar-refractivity contribution in [1.29, 1.82) is 0 Å². The monoisotopic (exact) mass is 473 g/mol. The van der Waals surface area contributed by atoms with Crippen molar-refractivity contribution in [1.82, 2.24) is 14.3 Å². The molecule has 0 unspecified atom stereocenters. The van der Waals surface area contributed by atoms with Gasteiger partial charge in [-0.15, -0.1) is 0 Å². The molecule has 1 amide bonds. The molecule has 8 nitrogen and oxygen atoms in total. The Balaban J connectivity index is 1.68. The summed E-state index contributed by atoms with van der Waals surface area (Å²) >= 11 is 1.29. The highest BCUT2D eigenvalue weighted by Gasteiger charge is 2.34. The second-order valence-corrected chi connectivity index (χ2v) is 9.17. The fourth-order valence-corrected chi connectivity index (χ4v) is 5.04. The number of allylic oxidation sites excluding steroid dienone is 1. The van der Waals surface area contributed by atoms with E-state index in [1.165, 1.54) is 11.3 Å². The first-order chi connectivity index (χ1) is 16.3. The van der Waals surface area contributed by atoms with Gasteiger partial charge in [-0.3, -0.25) is 18.8 Å². The van der Waals surface area contributed by atoms with Gasteiger partial charge in [0.15, 0.2) is 4.80 Å². The normalized spacial score (nSPS) is 15.9. The molecule has 0 radical (unpaired) electrons. The summed E-state index contributed by atoms with van der Waals surface area (Å²) < 4.78 is 9.75. The van der Waals surface area contributed by atoms with Gasteiger partial charge in [-0.25, -0.2) is 4.99 Å². The Hall–Kier alpha value is -3.98. The summed E-state index contributed by atoms with van der Waals surface area (Å²) in [6, 6.07) is 12.1. The van der Waals surface area contributed by atoms with Crippen LogP contribution in [0.15, 0.2) is 74.1 Å². The first-order valence-electron chi connectivity index (χ1n) is 10.8. The van der Waals surface area contributed by atoms with Crippen molar-refractivity contribution in [3.63, 3.8) is 0 Å². The Morgan fingerprint density at radius 1 is 1.15 bits per heavy atom. The lowest BCUT2D eigenvalue weighted by Crippen LogP contribution is -2.40. The fourth-order valence-electron chi connectivity index (χ4n) is 4.00. The van der Waals surface area contributed by atoms with Crippen molar-refractivity contribution in [3.8, 4) is 0 Å². The maximum absolute atomic E-state index is 13.6. The summed E-state index contributed by atoms with van der Waals surface area (Å²) in [4.78, 5) is 32.2. The van der Waals surface area contributed by atoms with E-state index in [0.717, 1.165) is 11.3 Å². The standard InChI is InChI=1S/C25H23N5O3S/c1-14-10-11-19(33-14)22-21(23(31)28-18-8-6-5-7-9-18)15(2)27-25-30(22)24(32)20(34-25)12-17-13-26-29(4)16(17)3/h5-13,22H,1-4H3,(H,28,31)/t22-/m0/s1. The minimum Gasteiger partial charge on any atom is -0.464 e. The van der Waals surface area contributed by atoms with E-state index in [2.05, 4.69) is 15.4 Å². The van der Waals surface area contributed by atoms with Crippen molar-refractivity contribution >= 4 is 29.0 Å². The van der Waals surface area contributed by atoms with Crippen molar-refractivity contribution in [3.05, 3.63) is 102 Å². The molecule has 1 atom stereocenters. The quantitative estimate of drug-likeness (QED) is 0.493. The Morgan fingerprint density at radius 3 is 2.56 bits per heavy atom. The average Bonchev–Trinajstić information content (AvgIpc) is 3.47. The number of carbonyl (C=O) groups is 1. The van der Waals surface area contributed by atoms with Crippen LogP contribution in [0.1, 0.15) is 35.7 Å². The predicted molar refractivity (Wildman–Crippen MR) is 130 cm³/mol. The van der Waals surface area contributed by atoms with Gasteiger partial charge in [0.05, 0.1) is 22.0 Å². The zero-order chi connectivity index (χ0) is 24.0. The zero-order valence-electron chi connectivity index (χ0n) is 19.2. The molecular weight excluding hydrogens is 450 g/mol. The van der Waals surface area contributed by atoms with Crippen LogP contribution in [0, 0.1) is 13.8 Å². The lowest BCUT2D eigenvalue weighted by atomic mass is 10.00. The molecule has 172 valence electrons. The van der Waals surface area contributed by atoms with Gasteiger partial charge in [0.25, 0.3) is 11.5 Å².